The smallest absolute Gasteiger partial charge is 0.230 e. The molecule has 1 aromatic rings. The minimum Gasteiger partial charge on any atom is -0.326 e. The fourth-order valence-corrected chi connectivity index (χ4v) is 3.53. The highest BCUT2D eigenvalue weighted by Crippen LogP contribution is 2.20. The lowest BCUT2D eigenvalue weighted by Crippen LogP contribution is -2.36. The molecule has 0 spiro atoms. The van der Waals surface area contributed by atoms with E-state index < -0.39 is 0 Å². The molecule has 2 N–H and O–H groups in total. The Morgan fingerprint density at radius 2 is 1.86 bits per heavy atom. The number of piperidine rings is 1. The van der Waals surface area contributed by atoms with E-state index >= 15 is 0 Å². The molecule has 1 aliphatic rings. The van der Waals surface area contributed by atoms with Crippen LogP contribution in [-0.4, -0.2) is 42.0 Å². The first-order chi connectivity index (χ1) is 13.6. The van der Waals surface area contributed by atoms with Crippen molar-refractivity contribution < 1.29 is 19.2 Å². The summed E-state index contributed by atoms with van der Waals surface area (Å²) in [7, 11) is 0. The van der Waals surface area contributed by atoms with Crippen LogP contribution >= 0.6 is 12.6 Å². The van der Waals surface area contributed by atoms with Crippen LogP contribution in [-0.2, 0) is 25.8 Å². The third-order valence-electron chi connectivity index (χ3n) is 4.92. The average molecular weight is 408 g/mol. The van der Waals surface area contributed by atoms with Gasteiger partial charge in [-0.15, -0.1) is 12.6 Å². The summed E-state index contributed by atoms with van der Waals surface area (Å²) in [4.78, 5) is 40.7. The number of hydroxylamine groups is 1. The molecular weight excluding hydrogens is 378 g/mol. The SMILES string of the molecule is O=CNOCc1ccc(NC(=O)CCCCCN2CCC(C(=O)S)CC2)cc1. The molecular formula is C20H29N3O4S. The zero-order chi connectivity index (χ0) is 20.2. The minimum atomic E-state index is 0.0136. The maximum atomic E-state index is 12.0. The molecule has 1 fully saturated rings. The van der Waals surface area contributed by atoms with E-state index in [4.69, 9.17) is 4.84 Å². The van der Waals surface area contributed by atoms with Crippen molar-refractivity contribution in [3.05, 3.63) is 29.8 Å². The van der Waals surface area contributed by atoms with E-state index in [1.54, 1.807) is 0 Å². The van der Waals surface area contributed by atoms with Gasteiger partial charge in [0.1, 0.15) is 0 Å². The molecule has 1 aliphatic heterocycles. The van der Waals surface area contributed by atoms with Crippen LogP contribution in [0.4, 0.5) is 5.69 Å². The van der Waals surface area contributed by atoms with Crippen LogP contribution in [0, 0.1) is 5.92 Å². The first kappa shape index (κ1) is 22.4. The predicted octanol–water partition coefficient (Wildman–Crippen LogP) is 2.53. The first-order valence-electron chi connectivity index (χ1n) is 9.73. The Bertz CT molecular complexity index is 631. The quantitative estimate of drug-likeness (QED) is 0.214. The Balaban J connectivity index is 1.54. The summed E-state index contributed by atoms with van der Waals surface area (Å²) in [6.45, 7) is 3.22. The number of anilines is 1. The zero-order valence-corrected chi connectivity index (χ0v) is 17.0. The molecule has 2 amide bonds. The monoisotopic (exact) mass is 407 g/mol. The van der Waals surface area contributed by atoms with E-state index in [2.05, 4.69) is 28.3 Å². The molecule has 28 heavy (non-hydrogen) atoms. The summed E-state index contributed by atoms with van der Waals surface area (Å²) in [5.41, 5.74) is 3.78. The van der Waals surface area contributed by atoms with Gasteiger partial charge in [-0.05, 0) is 63.0 Å². The number of carbonyl (C=O) groups excluding carboxylic acids is 3. The van der Waals surface area contributed by atoms with E-state index in [0.29, 0.717) is 12.8 Å². The highest BCUT2D eigenvalue weighted by atomic mass is 32.1. The van der Waals surface area contributed by atoms with Gasteiger partial charge in [0.15, 0.2) is 5.12 Å². The molecule has 0 bridgehead atoms. The Labute approximate surface area is 171 Å². The van der Waals surface area contributed by atoms with Crippen molar-refractivity contribution in [1.29, 1.82) is 0 Å². The second-order valence-corrected chi connectivity index (χ2v) is 7.48. The standard InChI is InChI=1S/C20H29N3O4S/c24-15-21-27-14-16-5-7-18(8-6-16)22-19(25)4-2-1-3-11-23-12-9-17(10-13-23)20(26)28/h5-8,15,17H,1-4,9-14H2,(H,21,24)(H,22,25)(H,26,28). The average Bonchev–Trinajstić information content (AvgIpc) is 2.69. The molecule has 2 rings (SSSR count). The van der Waals surface area contributed by atoms with E-state index in [0.717, 1.165) is 63.0 Å². The van der Waals surface area contributed by atoms with Gasteiger partial charge in [-0.3, -0.25) is 19.2 Å². The van der Waals surface area contributed by atoms with E-state index in [1.807, 2.05) is 24.3 Å². The van der Waals surface area contributed by atoms with Crippen molar-refractivity contribution in [2.45, 2.75) is 45.1 Å². The lowest BCUT2D eigenvalue weighted by molar-refractivity contribution is -0.121. The second-order valence-electron chi connectivity index (χ2n) is 7.03. The molecule has 0 saturated carbocycles. The molecule has 7 nitrogen and oxygen atoms in total. The molecule has 0 aliphatic carbocycles. The maximum Gasteiger partial charge on any atom is 0.230 e. The van der Waals surface area contributed by atoms with Gasteiger partial charge in [0.25, 0.3) is 0 Å². The summed E-state index contributed by atoms with van der Waals surface area (Å²) in [6, 6.07) is 7.31. The molecule has 0 atom stereocenters. The van der Waals surface area contributed by atoms with Crippen LogP contribution in [0.25, 0.3) is 0 Å². The summed E-state index contributed by atoms with van der Waals surface area (Å²) in [6.07, 6.45) is 5.73. The summed E-state index contributed by atoms with van der Waals surface area (Å²) >= 11 is 3.93. The third-order valence-corrected chi connectivity index (χ3v) is 5.29. The Morgan fingerprint density at radius 3 is 2.50 bits per heavy atom. The van der Waals surface area contributed by atoms with Crippen LogP contribution in [0.1, 0.15) is 44.1 Å². The van der Waals surface area contributed by atoms with Crippen molar-refractivity contribution in [2.24, 2.45) is 5.92 Å². The van der Waals surface area contributed by atoms with Crippen LogP contribution < -0.4 is 10.8 Å². The van der Waals surface area contributed by atoms with Gasteiger partial charge < -0.3 is 10.2 Å². The Morgan fingerprint density at radius 1 is 1.14 bits per heavy atom. The minimum absolute atomic E-state index is 0.0136. The molecule has 154 valence electrons. The van der Waals surface area contributed by atoms with Crippen LogP contribution in [0.15, 0.2) is 24.3 Å². The van der Waals surface area contributed by atoms with Gasteiger partial charge in [-0.1, -0.05) is 18.6 Å². The molecule has 1 saturated heterocycles. The molecule has 1 heterocycles. The van der Waals surface area contributed by atoms with Gasteiger partial charge in [0, 0.05) is 18.0 Å². The molecule has 0 unspecified atom stereocenters. The summed E-state index contributed by atoms with van der Waals surface area (Å²) < 4.78 is 0. The van der Waals surface area contributed by atoms with Crippen molar-refractivity contribution in [2.75, 3.05) is 25.0 Å². The number of hydrogen-bond acceptors (Lipinski definition) is 5. The van der Waals surface area contributed by atoms with Gasteiger partial charge >= 0.3 is 0 Å². The number of amides is 2. The van der Waals surface area contributed by atoms with Gasteiger partial charge in [0.2, 0.25) is 12.3 Å². The van der Waals surface area contributed by atoms with Crippen molar-refractivity contribution in [3.8, 4) is 0 Å². The number of benzene rings is 1. The number of hydrogen-bond donors (Lipinski definition) is 3. The van der Waals surface area contributed by atoms with Gasteiger partial charge in [-0.25, -0.2) is 5.48 Å². The predicted molar refractivity (Wildman–Crippen MR) is 111 cm³/mol. The van der Waals surface area contributed by atoms with Crippen LogP contribution in [0.3, 0.4) is 0 Å². The summed E-state index contributed by atoms with van der Waals surface area (Å²) in [5, 5.41) is 2.91. The maximum absolute atomic E-state index is 12.0. The first-order valence-corrected chi connectivity index (χ1v) is 10.2. The topological polar surface area (TPSA) is 87.7 Å². The van der Waals surface area contributed by atoms with E-state index in [9.17, 15) is 14.4 Å². The van der Waals surface area contributed by atoms with Crippen LogP contribution in [0.5, 0.6) is 0 Å². The molecule has 0 radical (unpaired) electrons. The number of rotatable bonds is 12. The normalized spacial score (nSPS) is 15.2. The van der Waals surface area contributed by atoms with E-state index in [-0.39, 0.29) is 23.5 Å². The van der Waals surface area contributed by atoms with Gasteiger partial charge in [-0.2, -0.15) is 0 Å². The van der Waals surface area contributed by atoms with Crippen LogP contribution in [0.2, 0.25) is 0 Å². The van der Waals surface area contributed by atoms with E-state index in [1.165, 1.54) is 0 Å². The molecule has 1 aromatic carbocycles. The summed E-state index contributed by atoms with van der Waals surface area (Å²) in [5.74, 6) is 0.137. The number of carbonyl (C=O) groups is 3. The highest BCUT2D eigenvalue weighted by Gasteiger charge is 2.22. The largest absolute Gasteiger partial charge is 0.326 e. The number of unbranched alkanes of at least 4 members (excludes halogenated alkanes) is 2. The number of nitrogens with zero attached hydrogens (tertiary/aromatic N) is 1. The fraction of sp³-hybridized carbons (Fsp3) is 0.550. The van der Waals surface area contributed by atoms with Crippen molar-refractivity contribution in [1.82, 2.24) is 10.4 Å². The highest BCUT2D eigenvalue weighted by molar-refractivity contribution is 7.96. The molecule has 0 aromatic heterocycles. The Hall–Kier alpha value is -1.90. The second kappa shape index (κ2) is 12.5. The Kier molecular flexibility index (Phi) is 10.0. The molecule has 8 heteroatoms. The van der Waals surface area contributed by atoms with Gasteiger partial charge in [0.05, 0.1) is 6.61 Å². The zero-order valence-electron chi connectivity index (χ0n) is 16.1. The van der Waals surface area contributed by atoms with Crippen molar-refractivity contribution >= 4 is 35.7 Å². The number of likely N-dealkylation sites (tertiary alicyclic amines) is 1. The number of thiol groups is 1. The lowest BCUT2D eigenvalue weighted by atomic mass is 9.98. The van der Waals surface area contributed by atoms with Crippen molar-refractivity contribution in [3.63, 3.8) is 0 Å². The lowest BCUT2D eigenvalue weighted by Gasteiger charge is -2.30. The number of nitrogens with one attached hydrogen (secondary N) is 2. The third kappa shape index (κ3) is 8.41. The fourth-order valence-electron chi connectivity index (χ4n) is 3.27.